The monoisotopic (exact) mass is 293 g/mol. The van der Waals surface area contributed by atoms with Crippen LogP contribution in [0.4, 0.5) is 8.78 Å². The fourth-order valence-corrected chi connectivity index (χ4v) is 2.07. The molecule has 22 heavy (non-hydrogen) atoms. The molecule has 3 rings (SSSR count). The quantitative estimate of drug-likeness (QED) is 0.718. The molecule has 0 amide bonds. The Morgan fingerprint density at radius 2 is 1.55 bits per heavy atom. The van der Waals surface area contributed by atoms with Crippen molar-refractivity contribution in [3.63, 3.8) is 0 Å². The van der Waals surface area contributed by atoms with Crippen LogP contribution in [0.2, 0.25) is 0 Å². The second-order valence-electron chi connectivity index (χ2n) is 4.56. The third-order valence-electron chi connectivity index (χ3n) is 3.20. The lowest BCUT2D eigenvalue weighted by molar-refractivity contribution is 0.578. The van der Waals surface area contributed by atoms with Gasteiger partial charge in [0, 0.05) is 18.0 Å². The van der Waals surface area contributed by atoms with Crippen molar-refractivity contribution in [3.05, 3.63) is 72.1 Å². The molecule has 0 saturated heterocycles. The highest BCUT2D eigenvalue weighted by atomic mass is 19.1. The van der Waals surface area contributed by atoms with Crippen molar-refractivity contribution in [1.82, 2.24) is 9.97 Å². The van der Waals surface area contributed by atoms with Gasteiger partial charge in [-0.05, 0) is 17.7 Å². The average molecular weight is 293 g/mol. The normalized spacial score (nSPS) is 10.2. The molecule has 0 bridgehead atoms. The summed E-state index contributed by atoms with van der Waals surface area (Å²) in [7, 11) is 0. The number of rotatable bonds is 2. The Bertz CT molecular complexity index is 854. The molecule has 1 heterocycles. The van der Waals surface area contributed by atoms with Crippen LogP contribution in [0.3, 0.4) is 0 Å². The Morgan fingerprint density at radius 3 is 2.18 bits per heavy atom. The summed E-state index contributed by atoms with van der Waals surface area (Å²) in [6.45, 7) is 0. The van der Waals surface area contributed by atoms with E-state index in [0.29, 0.717) is 0 Å². The zero-order valence-electron chi connectivity index (χ0n) is 11.3. The lowest BCUT2D eigenvalue weighted by atomic mass is 10.1. The summed E-state index contributed by atoms with van der Waals surface area (Å²) in [6.07, 6.45) is 3.12. The molecule has 0 aliphatic rings. The smallest absolute Gasteiger partial charge is 0.162 e. The molecule has 0 atom stereocenters. The molecule has 106 valence electrons. The van der Waals surface area contributed by atoms with E-state index in [0.717, 1.165) is 17.2 Å². The summed E-state index contributed by atoms with van der Waals surface area (Å²) in [5.74, 6) is -1.74. The van der Waals surface area contributed by atoms with Gasteiger partial charge in [-0.2, -0.15) is 5.26 Å². The first-order valence-electron chi connectivity index (χ1n) is 6.46. The molecule has 3 nitrogen and oxygen atoms in total. The largest absolute Gasteiger partial charge is 0.236 e. The van der Waals surface area contributed by atoms with Crippen LogP contribution in [0, 0.1) is 23.0 Å². The topological polar surface area (TPSA) is 49.6 Å². The lowest BCUT2D eigenvalue weighted by Crippen LogP contribution is -1.97. The Balaban J connectivity index is 2.03. The van der Waals surface area contributed by atoms with Crippen LogP contribution in [0.5, 0.6) is 0 Å². The average Bonchev–Trinajstić information content (AvgIpc) is 2.56. The molecular formula is C17H9F2N3. The molecular weight excluding hydrogens is 284 g/mol. The third kappa shape index (κ3) is 2.42. The molecule has 2 aromatic carbocycles. The minimum absolute atomic E-state index is 0.00226. The maximum atomic E-state index is 14.1. The minimum atomic E-state index is -0.949. The Labute approximate surface area is 125 Å². The SMILES string of the molecule is N#Cc1c(F)ccc(-c2ncc(-c3ccccc3)cn2)c1F. The number of benzene rings is 2. The van der Waals surface area contributed by atoms with Crippen LogP contribution in [0.25, 0.3) is 22.5 Å². The van der Waals surface area contributed by atoms with Gasteiger partial charge in [0.15, 0.2) is 11.6 Å². The second-order valence-corrected chi connectivity index (χ2v) is 4.56. The summed E-state index contributed by atoms with van der Waals surface area (Å²) in [5, 5.41) is 8.79. The molecule has 0 fully saturated rings. The molecule has 0 radical (unpaired) electrons. The van der Waals surface area contributed by atoms with Crippen molar-refractivity contribution < 1.29 is 8.78 Å². The zero-order chi connectivity index (χ0) is 15.5. The van der Waals surface area contributed by atoms with Crippen molar-refractivity contribution in [2.75, 3.05) is 0 Å². The summed E-state index contributed by atoms with van der Waals surface area (Å²) in [4.78, 5) is 8.22. The molecule has 0 spiro atoms. The van der Waals surface area contributed by atoms with Gasteiger partial charge >= 0.3 is 0 Å². The van der Waals surface area contributed by atoms with Gasteiger partial charge in [0.25, 0.3) is 0 Å². The fraction of sp³-hybridized carbons (Fsp3) is 0. The number of aromatic nitrogens is 2. The number of hydrogen-bond acceptors (Lipinski definition) is 3. The van der Waals surface area contributed by atoms with Gasteiger partial charge in [0.05, 0.1) is 5.56 Å². The van der Waals surface area contributed by atoms with E-state index in [9.17, 15) is 8.78 Å². The van der Waals surface area contributed by atoms with Crippen molar-refractivity contribution in [2.45, 2.75) is 0 Å². The van der Waals surface area contributed by atoms with E-state index in [1.807, 2.05) is 30.3 Å². The minimum Gasteiger partial charge on any atom is -0.236 e. The fourth-order valence-electron chi connectivity index (χ4n) is 2.07. The van der Waals surface area contributed by atoms with Crippen molar-refractivity contribution in [1.29, 1.82) is 5.26 Å². The van der Waals surface area contributed by atoms with Crippen LogP contribution < -0.4 is 0 Å². The van der Waals surface area contributed by atoms with Gasteiger partial charge in [-0.15, -0.1) is 0 Å². The van der Waals surface area contributed by atoms with Crippen molar-refractivity contribution in [3.8, 4) is 28.6 Å². The predicted octanol–water partition coefficient (Wildman–Crippen LogP) is 3.96. The number of hydrogen-bond donors (Lipinski definition) is 0. The number of nitrogens with zero attached hydrogens (tertiary/aromatic N) is 3. The Hall–Kier alpha value is -3.13. The zero-order valence-corrected chi connectivity index (χ0v) is 11.3. The molecule has 3 aromatic rings. The van der Waals surface area contributed by atoms with Gasteiger partial charge in [0.1, 0.15) is 17.4 Å². The molecule has 0 saturated carbocycles. The van der Waals surface area contributed by atoms with Gasteiger partial charge in [0.2, 0.25) is 0 Å². The first-order chi connectivity index (χ1) is 10.7. The molecule has 0 unspecified atom stereocenters. The van der Waals surface area contributed by atoms with Gasteiger partial charge in [-0.3, -0.25) is 0 Å². The molecule has 0 N–H and O–H groups in total. The summed E-state index contributed by atoms with van der Waals surface area (Å²) in [6, 6.07) is 13.3. The molecule has 1 aromatic heterocycles. The van der Waals surface area contributed by atoms with Crippen LogP contribution >= 0.6 is 0 Å². The van der Waals surface area contributed by atoms with Gasteiger partial charge < -0.3 is 0 Å². The lowest BCUT2D eigenvalue weighted by Gasteiger charge is -2.05. The van der Waals surface area contributed by atoms with Crippen LogP contribution in [0.1, 0.15) is 5.56 Å². The van der Waals surface area contributed by atoms with Crippen LogP contribution in [0.15, 0.2) is 54.9 Å². The maximum Gasteiger partial charge on any atom is 0.162 e. The highest BCUT2D eigenvalue weighted by molar-refractivity contribution is 5.64. The van der Waals surface area contributed by atoms with Gasteiger partial charge in [-0.25, -0.2) is 18.7 Å². The number of nitriles is 1. The second kappa shape index (κ2) is 5.70. The Morgan fingerprint density at radius 1 is 0.864 bits per heavy atom. The van der Waals surface area contributed by atoms with E-state index in [1.54, 1.807) is 12.4 Å². The van der Waals surface area contributed by atoms with E-state index in [2.05, 4.69) is 9.97 Å². The van der Waals surface area contributed by atoms with E-state index < -0.39 is 17.2 Å². The summed E-state index contributed by atoms with van der Waals surface area (Å²) in [5.41, 5.74) is 1.09. The molecule has 0 aliphatic carbocycles. The van der Waals surface area contributed by atoms with E-state index in [-0.39, 0.29) is 11.4 Å². The first-order valence-corrected chi connectivity index (χ1v) is 6.46. The third-order valence-corrected chi connectivity index (χ3v) is 3.20. The number of halogens is 2. The highest BCUT2D eigenvalue weighted by Crippen LogP contribution is 2.25. The molecule has 0 aliphatic heterocycles. The van der Waals surface area contributed by atoms with Crippen molar-refractivity contribution in [2.24, 2.45) is 0 Å². The molecule has 5 heteroatoms. The van der Waals surface area contributed by atoms with E-state index >= 15 is 0 Å². The first kappa shape index (κ1) is 13.8. The summed E-state index contributed by atoms with van der Waals surface area (Å²) >= 11 is 0. The van der Waals surface area contributed by atoms with Crippen molar-refractivity contribution >= 4 is 0 Å². The van der Waals surface area contributed by atoms with E-state index in [4.69, 9.17) is 5.26 Å². The Kier molecular flexibility index (Phi) is 3.58. The van der Waals surface area contributed by atoms with Crippen LogP contribution in [-0.4, -0.2) is 9.97 Å². The standard InChI is InChI=1S/C17H9F2N3/c18-15-7-6-13(16(19)14(15)8-20)17-21-9-12(10-22-17)11-4-2-1-3-5-11/h1-7,9-10H. The predicted molar refractivity (Wildman–Crippen MR) is 77.5 cm³/mol. The van der Waals surface area contributed by atoms with E-state index in [1.165, 1.54) is 12.1 Å². The van der Waals surface area contributed by atoms with Crippen LogP contribution in [-0.2, 0) is 0 Å². The highest BCUT2D eigenvalue weighted by Gasteiger charge is 2.16. The maximum absolute atomic E-state index is 14.1. The van der Waals surface area contributed by atoms with Gasteiger partial charge in [-0.1, -0.05) is 30.3 Å². The summed E-state index contributed by atoms with van der Waals surface area (Å²) < 4.78 is 27.4.